The van der Waals surface area contributed by atoms with Crippen LogP contribution in [0.5, 0.6) is 0 Å². The number of carbonyl (C=O) groups excluding carboxylic acids is 1. The van der Waals surface area contributed by atoms with Gasteiger partial charge in [-0.25, -0.2) is 0 Å². The molecule has 5 nitrogen and oxygen atoms in total. The molecule has 0 radical (unpaired) electrons. The molecular weight excluding hydrogens is 204 g/mol. The number of carbonyl (C=O) groups is 1. The van der Waals surface area contributed by atoms with Crippen LogP contribution >= 0.6 is 0 Å². The molecule has 16 heavy (non-hydrogen) atoms. The van der Waals surface area contributed by atoms with E-state index in [2.05, 4.69) is 29.4 Å². The number of amides is 1. The van der Waals surface area contributed by atoms with Crippen molar-refractivity contribution in [3.05, 3.63) is 11.8 Å². The third-order valence-corrected chi connectivity index (χ3v) is 3.16. The second-order valence-electron chi connectivity index (χ2n) is 4.83. The van der Waals surface area contributed by atoms with E-state index in [4.69, 9.17) is 5.73 Å². The molecule has 2 rings (SSSR count). The molecule has 1 aliphatic rings. The number of hydrogen-bond donors (Lipinski definition) is 3. The standard InChI is InChI=1S/C11H18N4O/c1-7(2)8-6-9(15-14-8)13-10(16)11(12)4-3-5-11/h6-7H,3-5,12H2,1-2H3,(H2,13,14,15,16). The van der Waals surface area contributed by atoms with Crippen LogP contribution in [-0.2, 0) is 4.79 Å². The summed E-state index contributed by atoms with van der Waals surface area (Å²) in [5, 5.41) is 9.68. The van der Waals surface area contributed by atoms with E-state index >= 15 is 0 Å². The molecule has 1 amide bonds. The molecule has 0 aliphatic heterocycles. The summed E-state index contributed by atoms with van der Waals surface area (Å²) >= 11 is 0. The Hall–Kier alpha value is -1.36. The van der Waals surface area contributed by atoms with Gasteiger partial charge >= 0.3 is 0 Å². The summed E-state index contributed by atoms with van der Waals surface area (Å²) in [6.07, 6.45) is 2.56. The highest BCUT2D eigenvalue weighted by Gasteiger charge is 2.40. The van der Waals surface area contributed by atoms with Gasteiger partial charge in [-0.1, -0.05) is 13.8 Å². The zero-order chi connectivity index (χ0) is 11.8. The number of aromatic amines is 1. The largest absolute Gasteiger partial charge is 0.317 e. The molecule has 0 atom stereocenters. The Morgan fingerprint density at radius 3 is 2.75 bits per heavy atom. The molecule has 1 aliphatic carbocycles. The molecule has 0 bridgehead atoms. The second-order valence-corrected chi connectivity index (χ2v) is 4.83. The topological polar surface area (TPSA) is 83.8 Å². The predicted octanol–water partition coefficient (Wildman–Crippen LogP) is 1.35. The van der Waals surface area contributed by atoms with E-state index in [0.717, 1.165) is 25.0 Å². The maximum atomic E-state index is 11.8. The van der Waals surface area contributed by atoms with Crippen molar-refractivity contribution < 1.29 is 4.79 Å². The molecule has 0 aromatic carbocycles. The molecule has 1 saturated carbocycles. The number of aromatic nitrogens is 2. The molecule has 1 heterocycles. The molecule has 1 fully saturated rings. The quantitative estimate of drug-likeness (QED) is 0.721. The number of anilines is 1. The maximum Gasteiger partial charge on any atom is 0.245 e. The first-order chi connectivity index (χ1) is 7.51. The van der Waals surface area contributed by atoms with Gasteiger partial charge in [-0.2, -0.15) is 5.10 Å². The smallest absolute Gasteiger partial charge is 0.245 e. The minimum atomic E-state index is -0.670. The van der Waals surface area contributed by atoms with Crippen LogP contribution in [0, 0.1) is 0 Å². The summed E-state index contributed by atoms with van der Waals surface area (Å²) in [5.74, 6) is 0.805. The Morgan fingerprint density at radius 1 is 1.62 bits per heavy atom. The minimum Gasteiger partial charge on any atom is -0.317 e. The van der Waals surface area contributed by atoms with Gasteiger partial charge in [0.15, 0.2) is 5.82 Å². The van der Waals surface area contributed by atoms with Crippen molar-refractivity contribution in [2.75, 3.05) is 5.32 Å². The Morgan fingerprint density at radius 2 is 2.31 bits per heavy atom. The lowest BCUT2D eigenvalue weighted by atomic mass is 9.77. The van der Waals surface area contributed by atoms with Crippen molar-refractivity contribution in [1.82, 2.24) is 10.2 Å². The monoisotopic (exact) mass is 222 g/mol. The number of rotatable bonds is 3. The lowest BCUT2D eigenvalue weighted by molar-refractivity contribution is -0.123. The van der Waals surface area contributed by atoms with Crippen molar-refractivity contribution in [1.29, 1.82) is 0 Å². The highest BCUT2D eigenvalue weighted by Crippen LogP contribution is 2.30. The molecule has 4 N–H and O–H groups in total. The first-order valence-electron chi connectivity index (χ1n) is 5.67. The highest BCUT2D eigenvalue weighted by atomic mass is 16.2. The number of nitrogens with two attached hydrogens (primary N) is 1. The van der Waals surface area contributed by atoms with E-state index in [1.165, 1.54) is 0 Å². The van der Waals surface area contributed by atoms with E-state index in [1.807, 2.05) is 6.07 Å². The highest BCUT2D eigenvalue weighted by molar-refractivity contribution is 5.97. The summed E-state index contributed by atoms with van der Waals surface area (Å²) in [7, 11) is 0. The lowest BCUT2D eigenvalue weighted by Gasteiger charge is -2.35. The Balaban J connectivity index is 2.00. The number of H-pyrrole nitrogens is 1. The van der Waals surface area contributed by atoms with Crippen molar-refractivity contribution in [3.8, 4) is 0 Å². The molecule has 0 saturated heterocycles. The van der Waals surface area contributed by atoms with Gasteiger partial charge in [-0.15, -0.1) is 0 Å². The van der Waals surface area contributed by atoms with Crippen molar-refractivity contribution >= 4 is 11.7 Å². The third-order valence-electron chi connectivity index (χ3n) is 3.16. The van der Waals surface area contributed by atoms with Crippen LogP contribution in [0.25, 0.3) is 0 Å². The van der Waals surface area contributed by atoms with Gasteiger partial charge in [-0.05, 0) is 25.2 Å². The van der Waals surface area contributed by atoms with Gasteiger partial charge in [0.25, 0.3) is 0 Å². The van der Waals surface area contributed by atoms with Crippen LogP contribution in [0.1, 0.15) is 44.7 Å². The van der Waals surface area contributed by atoms with Crippen LogP contribution in [0.4, 0.5) is 5.82 Å². The number of nitrogens with zero attached hydrogens (tertiary/aromatic N) is 1. The molecule has 1 aromatic heterocycles. The molecule has 0 spiro atoms. The Bertz CT molecular complexity index is 392. The van der Waals surface area contributed by atoms with E-state index in [1.54, 1.807) is 0 Å². The summed E-state index contributed by atoms with van der Waals surface area (Å²) in [6.45, 7) is 4.13. The fourth-order valence-electron chi connectivity index (χ4n) is 1.72. The average molecular weight is 222 g/mol. The normalized spacial score (nSPS) is 18.2. The Kier molecular flexibility index (Phi) is 2.71. The van der Waals surface area contributed by atoms with Crippen LogP contribution in [0.15, 0.2) is 6.07 Å². The molecule has 0 unspecified atom stereocenters. The van der Waals surface area contributed by atoms with Gasteiger partial charge in [0, 0.05) is 11.8 Å². The van der Waals surface area contributed by atoms with E-state index < -0.39 is 5.54 Å². The third kappa shape index (κ3) is 1.95. The van der Waals surface area contributed by atoms with Crippen molar-refractivity contribution in [2.45, 2.75) is 44.6 Å². The van der Waals surface area contributed by atoms with Gasteiger partial charge in [0.1, 0.15) is 0 Å². The van der Waals surface area contributed by atoms with Crippen LogP contribution in [-0.4, -0.2) is 21.6 Å². The average Bonchev–Trinajstić information content (AvgIpc) is 2.62. The summed E-state index contributed by atoms with van der Waals surface area (Å²) in [4.78, 5) is 11.8. The van der Waals surface area contributed by atoms with E-state index in [0.29, 0.717) is 11.7 Å². The zero-order valence-corrected chi connectivity index (χ0v) is 9.71. The number of hydrogen-bond acceptors (Lipinski definition) is 3. The van der Waals surface area contributed by atoms with E-state index in [-0.39, 0.29) is 5.91 Å². The summed E-state index contributed by atoms with van der Waals surface area (Å²) in [5.41, 5.74) is 6.25. The SMILES string of the molecule is CC(C)c1cc(NC(=O)C2(N)CCC2)n[nH]1. The van der Waals surface area contributed by atoms with Crippen LogP contribution in [0.3, 0.4) is 0 Å². The van der Waals surface area contributed by atoms with Gasteiger partial charge < -0.3 is 11.1 Å². The van der Waals surface area contributed by atoms with Gasteiger partial charge in [-0.3, -0.25) is 9.89 Å². The van der Waals surface area contributed by atoms with E-state index in [9.17, 15) is 4.79 Å². The van der Waals surface area contributed by atoms with Crippen LogP contribution < -0.4 is 11.1 Å². The Labute approximate surface area is 94.8 Å². The molecule has 1 aromatic rings. The molecule has 5 heteroatoms. The lowest BCUT2D eigenvalue weighted by Crippen LogP contribution is -2.56. The summed E-state index contributed by atoms with van der Waals surface area (Å²) < 4.78 is 0. The number of nitrogens with one attached hydrogen (secondary N) is 2. The van der Waals surface area contributed by atoms with Gasteiger partial charge in [0.05, 0.1) is 5.54 Å². The fraction of sp³-hybridized carbons (Fsp3) is 0.636. The van der Waals surface area contributed by atoms with Crippen molar-refractivity contribution in [2.24, 2.45) is 5.73 Å². The van der Waals surface area contributed by atoms with Gasteiger partial charge in [0.2, 0.25) is 5.91 Å². The summed E-state index contributed by atoms with van der Waals surface area (Å²) in [6, 6.07) is 1.85. The first-order valence-corrected chi connectivity index (χ1v) is 5.67. The second kappa shape index (κ2) is 3.90. The van der Waals surface area contributed by atoms with Crippen LogP contribution in [0.2, 0.25) is 0 Å². The minimum absolute atomic E-state index is 0.124. The first kappa shape index (κ1) is 11.1. The molecule has 88 valence electrons. The maximum absolute atomic E-state index is 11.8. The molecular formula is C11H18N4O. The van der Waals surface area contributed by atoms with Crippen molar-refractivity contribution in [3.63, 3.8) is 0 Å². The zero-order valence-electron chi connectivity index (χ0n) is 9.71. The fourth-order valence-corrected chi connectivity index (χ4v) is 1.72. The predicted molar refractivity (Wildman–Crippen MR) is 62.1 cm³/mol.